The van der Waals surface area contributed by atoms with Crippen LogP contribution in [0.25, 0.3) is 6.08 Å². The molecule has 3 rings (SSSR count). The van der Waals surface area contributed by atoms with Gasteiger partial charge in [-0.15, -0.1) is 11.3 Å². The molecule has 2 aromatic rings. The van der Waals surface area contributed by atoms with Crippen LogP contribution >= 0.6 is 11.3 Å². The first-order chi connectivity index (χ1) is 13.8. The van der Waals surface area contributed by atoms with Crippen LogP contribution in [0.3, 0.4) is 0 Å². The maximum atomic E-state index is 12.3. The predicted molar refractivity (Wildman–Crippen MR) is 108 cm³/mol. The summed E-state index contributed by atoms with van der Waals surface area (Å²) in [5.74, 6) is -1.20. The Morgan fingerprint density at radius 1 is 1.34 bits per heavy atom. The van der Waals surface area contributed by atoms with Crippen molar-refractivity contribution in [1.29, 1.82) is 0 Å². The average molecular weight is 414 g/mol. The molecular weight excluding hydrogens is 396 g/mol. The molecule has 2 heterocycles. The number of nitro groups is 1. The van der Waals surface area contributed by atoms with Gasteiger partial charge in [0.1, 0.15) is 5.00 Å². The molecule has 0 saturated heterocycles. The lowest BCUT2D eigenvalue weighted by Gasteiger charge is -2.25. The Hall–Kier alpha value is -3.53. The lowest BCUT2D eigenvalue weighted by Crippen LogP contribution is -2.34. The first-order valence-electron chi connectivity index (χ1n) is 8.69. The first kappa shape index (κ1) is 20.2. The molecule has 0 fully saturated rings. The van der Waals surface area contributed by atoms with Crippen LogP contribution in [0.4, 0.5) is 10.7 Å². The Morgan fingerprint density at radius 3 is 2.76 bits per heavy atom. The van der Waals surface area contributed by atoms with Gasteiger partial charge < -0.3 is 16.0 Å². The Bertz CT molecular complexity index is 1040. The Kier molecular flexibility index (Phi) is 5.74. The monoisotopic (exact) mass is 414 g/mol. The summed E-state index contributed by atoms with van der Waals surface area (Å²) >= 11 is 1.22. The maximum absolute atomic E-state index is 12.3. The second-order valence-electron chi connectivity index (χ2n) is 6.44. The highest BCUT2D eigenvalue weighted by atomic mass is 32.1. The predicted octanol–water partition coefficient (Wildman–Crippen LogP) is 2.31. The van der Waals surface area contributed by atoms with Crippen LogP contribution in [0.5, 0.6) is 0 Å². The van der Waals surface area contributed by atoms with Crippen LogP contribution in [-0.2, 0) is 22.6 Å². The number of nitrogens with two attached hydrogens (primary N) is 1. The lowest BCUT2D eigenvalue weighted by molar-refractivity contribution is -0.384. The summed E-state index contributed by atoms with van der Waals surface area (Å²) in [5, 5.41) is 13.8. The van der Waals surface area contributed by atoms with E-state index in [1.54, 1.807) is 11.0 Å². The molecule has 29 heavy (non-hydrogen) atoms. The molecule has 10 heteroatoms. The Balaban J connectivity index is 1.80. The molecule has 0 unspecified atom stereocenters. The van der Waals surface area contributed by atoms with Gasteiger partial charge in [-0.1, -0.05) is 12.1 Å². The van der Waals surface area contributed by atoms with E-state index in [-0.39, 0.29) is 17.2 Å². The third-order valence-electron chi connectivity index (χ3n) is 4.49. The lowest BCUT2D eigenvalue weighted by atomic mass is 10.0. The number of fused-ring (bicyclic) bond motifs is 1. The molecule has 0 atom stereocenters. The fraction of sp³-hybridized carbons (Fsp3) is 0.211. The highest BCUT2D eigenvalue weighted by Gasteiger charge is 2.28. The van der Waals surface area contributed by atoms with Gasteiger partial charge in [0.25, 0.3) is 11.6 Å². The van der Waals surface area contributed by atoms with E-state index in [0.717, 1.165) is 10.4 Å². The van der Waals surface area contributed by atoms with Crippen molar-refractivity contribution in [3.63, 3.8) is 0 Å². The second kappa shape index (κ2) is 8.23. The fourth-order valence-electron chi connectivity index (χ4n) is 3.09. The van der Waals surface area contributed by atoms with Crippen molar-refractivity contribution in [2.45, 2.75) is 19.9 Å². The average Bonchev–Trinajstić information content (AvgIpc) is 3.03. The summed E-state index contributed by atoms with van der Waals surface area (Å²) in [5.41, 5.74) is 6.96. The number of hydrogen-bond acceptors (Lipinski definition) is 6. The molecule has 1 aliphatic rings. The van der Waals surface area contributed by atoms with Crippen molar-refractivity contribution < 1.29 is 19.3 Å². The van der Waals surface area contributed by atoms with E-state index in [0.29, 0.717) is 30.1 Å². The van der Waals surface area contributed by atoms with E-state index >= 15 is 0 Å². The minimum absolute atomic E-state index is 0.0600. The second-order valence-corrected chi connectivity index (χ2v) is 7.54. The van der Waals surface area contributed by atoms with Crippen molar-refractivity contribution >= 4 is 45.8 Å². The van der Waals surface area contributed by atoms with E-state index in [4.69, 9.17) is 5.73 Å². The minimum Gasteiger partial charge on any atom is -0.365 e. The van der Waals surface area contributed by atoms with Gasteiger partial charge >= 0.3 is 0 Å². The number of non-ortho nitro benzene ring substituents is 1. The summed E-state index contributed by atoms with van der Waals surface area (Å²) < 4.78 is 0. The molecule has 0 radical (unpaired) electrons. The molecule has 1 aliphatic heterocycles. The van der Waals surface area contributed by atoms with Gasteiger partial charge in [0, 0.05) is 36.6 Å². The topological polar surface area (TPSA) is 136 Å². The molecule has 9 nitrogen and oxygen atoms in total. The number of carbonyl (C=O) groups is 3. The summed E-state index contributed by atoms with van der Waals surface area (Å²) in [6, 6.07) is 5.86. The van der Waals surface area contributed by atoms with Gasteiger partial charge in [-0.05, 0) is 23.6 Å². The Labute approximate surface area is 170 Å². The summed E-state index contributed by atoms with van der Waals surface area (Å²) in [7, 11) is 0. The molecule has 0 bridgehead atoms. The van der Waals surface area contributed by atoms with Gasteiger partial charge in [0.2, 0.25) is 11.8 Å². The van der Waals surface area contributed by atoms with Gasteiger partial charge in [-0.2, -0.15) is 0 Å². The number of amides is 3. The first-order valence-corrected chi connectivity index (χ1v) is 9.51. The van der Waals surface area contributed by atoms with E-state index in [1.807, 2.05) is 0 Å². The van der Waals surface area contributed by atoms with E-state index in [2.05, 4.69) is 5.32 Å². The zero-order valence-electron chi connectivity index (χ0n) is 15.5. The number of carbonyl (C=O) groups excluding carboxylic acids is 3. The summed E-state index contributed by atoms with van der Waals surface area (Å²) in [6.07, 6.45) is 3.16. The van der Waals surface area contributed by atoms with Crippen LogP contribution in [0.1, 0.15) is 33.3 Å². The maximum Gasteiger partial charge on any atom is 0.270 e. The van der Waals surface area contributed by atoms with Crippen LogP contribution in [0, 0.1) is 10.1 Å². The molecule has 0 aliphatic carbocycles. The van der Waals surface area contributed by atoms with Crippen molar-refractivity contribution in [1.82, 2.24) is 4.90 Å². The number of nitro benzene ring substituents is 1. The smallest absolute Gasteiger partial charge is 0.270 e. The number of hydrogen-bond donors (Lipinski definition) is 2. The molecule has 1 aromatic carbocycles. The van der Waals surface area contributed by atoms with Crippen molar-refractivity contribution in [3.8, 4) is 0 Å². The number of primary amides is 1. The highest BCUT2D eigenvalue weighted by Crippen LogP contribution is 2.37. The van der Waals surface area contributed by atoms with Crippen LogP contribution in [0.2, 0.25) is 0 Å². The number of benzene rings is 1. The number of nitrogens with one attached hydrogen (secondary N) is 1. The third-order valence-corrected chi connectivity index (χ3v) is 5.63. The number of anilines is 1. The Morgan fingerprint density at radius 2 is 2.10 bits per heavy atom. The zero-order valence-corrected chi connectivity index (χ0v) is 16.3. The van der Waals surface area contributed by atoms with E-state index in [1.165, 1.54) is 48.6 Å². The molecular formula is C19H18N4O5S. The van der Waals surface area contributed by atoms with Crippen LogP contribution in [-0.4, -0.2) is 34.1 Å². The zero-order chi connectivity index (χ0) is 21.1. The van der Waals surface area contributed by atoms with E-state index in [9.17, 15) is 24.5 Å². The van der Waals surface area contributed by atoms with Gasteiger partial charge in [0.15, 0.2) is 0 Å². The van der Waals surface area contributed by atoms with Crippen LogP contribution < -0.4 is 11.1 Å². The van der Waals surface area contributed by atoms with Crippen molar-refractivity contribution in [2.24, 2.45) is 5.73 Å². The van der Waals surface area contributed by atoms with Gasteiger partial charge in [0.05, 0.1) is 17.0 Å². The van der Waals surface area contributed by atoms with Gasteiger partial charge in [-0.25, -0.2) is 0 Å². The third kappa shape index (κ3) is 4.49. The molecule has 150 valence electrons. The standard InChI is InChI=1S/C19H18N4O5S/c1-11(24)22-8-7-14-15(10-22)29-19(17(14)18(20)26)21-16(25)6-5-12-3-2-4-13(9-12)23(27)28/h2-6,9H,7-8,10H2,1H3,(H2,20,26)(H,21,25)/b6-5+. The number of thiophene rings is 1. The van der Waals surface area contributed by atoms with E-state index < -0.39 is 16.7 Å². The normalized spacial score (nSPS) is 13.2. The number of nitrogens with zero attached hydrogens (tertiary/aromatic N) is 2. The summed E-state index contributed by atoms with van der Waals surface area (Å²) in [6.45, 7) is 2.34. The van der Waals surface area contributed by atoms with Gasteiger partial charge in [-0.3, -0.25) is 24.5 Å². The molecule has 3 N–H and O–H groups in total. The van der Waals surface area contributed by atoms with Crippen molar-refractivity contribution in [2.75, 3.05) is 11.9 Å². The quantitative estimate of drug-likeness (QED) is 0.440. The fourth-order valence-corrected chi connectivity index (χ4v) is 4.36. The SMILES string of the molecule is CC(=O)N1CCc2c(sc(NC(=O)/C=C/c3cccc([N+](=O)[O-])c3)c2C(N)=O)C1. The molecule has 0 saturated carbocycles. The summed E-state index contributed by atoms with van der Waals surface area (Å²) in [4.78, 5) is 48.7. The molecule has 1 aromatic heterocycles. The largest absolute Gasteiger partial charge is 0.365 e. The number of rotatable bonds is 5. The van der Waals surface area contributed by atoms with Crippen LogP contribution in [0.15, 0.2) is 30.3 Å². The van der Waals surface area contributed by atoms with Crippen molar-refractivity contribution in [3.05, 3.63) is 62.0 Å². The highest BCUT2D eigenvalue weighted by molar-refractivity contribution is 7.17. The molecule has 3 amide bonds. The molecule has 0 spiro atoms. The minimum atomic E-state index is -0.642.